The first-order valence-electron chi connectivity index (χ1n) is 9.79. The van der Waals surface area contributed by atoms with Gasteiger partial charge in [0, 0.05) is 19.9 Å². The van der Waals surface area contributed by atoms with Gasteiger partial charge in [0.1, 0.15) is 24.9 Å². The Kier molecular flexibility index (Phi) is 8.85. The van der Waals surface area contributed by atoms with Gasteiger partial charge in [-0.15, -0.1) is 0 Å². The molecule has 0 aliphatic carbocycles. The number of hydrogen-bond donors (Lipinski definition) is 2. The van der Waals surface area contributed by atoms with E-state index in [9.17, 15) is 5.11 Å². The van der Waals surface area contributed by atoms with Crippen molar-refractivity contribution < 1.29 is 19.5 Å². The highest BCUT2D eigenvalue weighted by molar-refractivity contribution is 5.29. The molecule has 0 aliphatic heterocycles. The van der Waals surface area contributed by atoms with Gasteiger partial charge >= 0.3 is 0 Å². The number of hydrogen-bond acceptors (Lipinski definition) is 3. The predicted molar refractivity (Wildman–Crippen MR) is 108 cm³/mol. The molecule has 27 heavy (non-hydrogen) atoms. The molecule has 1 aromatic heterocycles. The summed E-state index contributed by atoms with van der Waals surface area (Å²) in [7, 11) is 3.33. The first kappa shape index (κ1) is 21.5. The first-order valence-corrected chi connectivity index (χ1v) is 9.79. The van der Waals surface area contributed by atoms with Crippen molar-refractivity contribution in [1.29, 1.82) is 0 Å². The summed E-state index contributed by atoms with van der Waals surface area (Å²) >= 11 is 0. The topological polar surface area (TPSA) is 48.1 Å². The zero-order valence-electron chi connectivity index (χ0n) is 17.1. The van der Waals surface area contributed by atoms with Crippen LogP contribution in [0.5, 0.6) is 5.75 Å². The van der Waals surface area contributed by atoms with E-state index in [2.05, 4.69) is 48.9 Å². The first-order chi connectivity index (χ1) is 13.0. The zero-order valence-corrected chi connectivity index (χ0v) is 17.1. The van der Waals surface area contributed by atoms with Crippen molar-refractivity contribution in [3.63, 3.8) is 0 Å². The summed E-state index contributed by atoms with van der Waals surface area (Å²) in [5, 5.41) is 10.2. The summed E-state index contributed by atoms with van der Waals surface area (Å²) in [5.41, 5.74) is 2.50. The third kappa shape index (κ3) is 7.37. The number of rotatable bonds is 12. The summed E-state index contributed by atoms with van der Waals surface area (Å²) in [5.74, 6) is 1.54. The van der Waals surface area contributed by atoms with Gasteiger partial charge in [-0.3, -0.25) is 0 Å². The fourth-order valence-electron chi connectivity index (χ4n) is 3.33. The zero-order chi connectivity index (χ0) is 19.6. The second-order valence-electron chi connectivity index (χ2n) is 7.65. The van der Waals surface area contributed by atoms with E-state index in [1.807, 2.05) is 12.1 Å². The molecule has 0 fully saturated rings. The number of aromatic nitrogens is 1. The van der Waals surface area contributed by atoms with Crippen molar-refractivity contribution in [2.45, 2.75) is 39.5 Å². The molecular weight excluding hydrogens is 340 g/mol. The SMILES string of the molecule is COC[C@H](O)C[NH+](CCC(C)C)Cc1cccn1Cc1cccc(OC)c1. The van der Waals surface area contributed by atoms with E-state index >= 15 is 0 Å². The van der Waals surface area contributed by atoms with Crippen molar-refractivity contribution in [2.75, 3.05) is 33.9 Å². The monoisotopic (exact) mass is 375 g/mol. The molecule has 0 radical (unpaired) electrons. The highest BCUT2D eigenvalue weighted by Crippen LogP contribution is 2.14. The van der Waals surface area contributed by atoms with Crippen LogP contribution >= 0.6 is 0 Å². The molecule has 0 spiro atoms. The van der Waals surface area contributed by atoms with Crippen molar-refractivity contribution in [3.8, 4) is 5.75 Å². The van der Waals surface area contributed by atoms with Crippen LogP contribution in [0.4, 0.5) is 0 Å². The third-order valence-electron chi connectivity index (χ3n) is 4.80. The van der Waals surface area contributed by atoms with Crippen molar-refractivity contribution in [2.24, 2.45) is 5.92 Å². The minimum absolute atomic E-state index is 0.385. The fraction of sp³-hybridized carbons (Fsp3) is 0.545. The van der Waals surface area contributed by atoms with Crippen LogP contribution in [0, 0.1) is 5.92 Å². The van der Waals surface area contributed by atoms with Gasteiger partial charge in [0.05, 0.1) is 26.0 Å². The number of aliphatic hydroxyl groups excluding tert-OH is 1. The van der Waals surface area contributed by atoms with E-state index < -0.39 is 6.10 Å². The maximum absolute atomic E-state index is 10.2. The van der Waals surface area contributed by atoms with Crippen molar-refractivity contribution in [3.05, 3.63) is 53.9 Å². The standard InChI is InChI=1S/C22H34N2O3/c1-18(2)10-12-23(16-21(25)17-26-3)15-20-8-6-11-24(20)14-19-7-5-9-22(13-19)27-4/h5-9,11,13,18,21,25H,10,12,14-17H2,1-4H3/p+1/t21-/m1/s1. The second-order valence-corrected chi connectivity index (χ2v) is 7.65. The summed E-state index contributed by atoms with van der Waals surface area (Å²) in [4.78, 5) is 1.39. The number of quaternary nitrogens is 1. The van der Waals surface area contributed by atoms with E-state index in [0.717, 1.165) is 31.8 Å². The van der Waals surface area contributed by atoms with Gasteiger partial charge in [-0.1, -0.05) is 26.0 Å². The number of ether oxygens (including phenoxy) is 2. The number of nitrogens with one attached hydrogen (secondary N) is 1. The van der Waals surface area contributed by atoms with Gasteiger partial charge in [0.2, 0.25) is 0 Å². The molecule has 0 aliphatic rings. The van der Waals surface area contributed by atoms with E-state index in [1.165, 1.54) is 16.2 Å². The molecule has 5 heteroatoms. The number of nitrogens with zero attached hydrogens (tertiary/aromatic N) is 1. The minimum atomic E-state index is -0.432. The summed E-state index contributed by atoms with van der Waals surface area (Å²) in [6.07, 6.45) is 2.84. The third-order valence-corrected chi connectivity index (χ3v) is 4.80. The number of aliphatic hydroxyl groups is 1. The van der Waals surface area contributed by atoms with Gasteiger partial charge in [-0.25, -0.2) is 0 Å². The lowest BCUT2D eigenvalue weighted by molar-refractivity contribution is -0.917. The lowest BCUT2D eigenvalue weighted by atomic mass is 10.1. The van der Waals surface area contributed by atoms with Crippen LogP contribution in [-0.2, 0) is 17.8 Å². The molecule has 2 atom stereocenters. The van der Waals surface area contributed by atoms with Gasteiger partial charge in [-0.2, -0.15) is 0 Å². The smallest absolute Gasteiger partial charge is 0.126 e. The highest BCUT2D eigenvalue weighted by Gasteiger charge is 2.18. The highest BCUT2D eigenvalue weighted by atomic mass is 16.5. The Labute approximate surface area is 163 Å². The van der Waals surface area contributed by atoms with E-state index in [-0.39, 0.29) is 0 Å². The molecule has 150 valence electrons. The quantitative estimate of drug-likeness (QED) is 0.596. The van der Waals surface area contributed by atoms with E-state index in [1.54, 1.807) is 14.2 Å². The molecule has 0 bridgehead atoms. The Balaban J connectivity index is 2.07. The lowest BCUT2D eigenvalue weighted by Gasteiger charge is -2.23. The van der Waals surface area contributed by atoms with Gasteiger partial charge < -0.3 is 24.0 Å². The van der Waals surface area contributed by atoms with Gasteiger partial charge in [0.15, 0.2) is 0 Å². The minimum Gasteiger partial charge on any atom is -0.497 e. The van der Waals surface area contributed by atoms with Crippen LogP contribution in [0.25, 0.3) is 0 Å². The number of methoxy groups -OCH3 is 2. The average Bonchev–Trinajstić information content (AvgIpc) is 3.06. The van der Waals surface area contributed by atoms with Crippen LogP contribution in [-0.4, -0.2) is 49.7 Å². The molecular formula is C22H35N2O3+. The Morgan fingerprint density at radius 2 is 1.96 bits per heavy atom. The molecule has 0 saturated carbocycles. The van der Waals surface area contributed by atoms with Crippen LogP contribution in [0.15, 0.2) is 42.6 Å². The Morgan fingerprint density at radius 1 is 1.15 bits per heavy atom. The molecule has 5 nitrogen and oxygen atoms in total. The van der Waals surface area contributed by atoms with Gasteiger partial charge in [0.25, 0.3) is 0 Å². The molecule has 1 heterocycles. The number of benzene rings is 1. The molecule has 0 saturated heterocycles. The van der Waals surface area contributed by atoms with E-state index in [4.69, 9.17) is 9.47 Å². The molecule has 1 aromatic carbocycles. The molecule has 2 aromatic rings. The Bertz CT molecular complexity index is 669. The van der Waals surface area contributed by atoms with E-state index in [0.29, 0.717) is 19.1 Å². The van der Waals surface area contributed by atoms with Crippen molar-refractivity contribution >= 4 is 0 Å². The Morgan fingerprint density at radius 3 is 2.67 bits per heavy atom. The maximum Gasteiger partial charge on any atom is 0.126 e. The average molecular weight is 376 g/mol. The van der Waals surface area contributed by atoms with Gasteiger partial charge in [-0.05, 0) is 42.2 Å². The predicted octanol–water partition coefficient (Wildman–Crippen LogP) is 1.98. The van der Waals surface area contributed by atoms with Crippen molar-refractivity contribution in [1.82, 2.24) is 4.57 Å². The van der Waals surface area contributed by atoms with Crippen LogP contribution in [0.2, 0.25) is 0 Å². The van der Waals surface area contributed by atoms with Crippen LogP contribution in [0.3, 0.4) is 0 Å². The maximum atomic E-state index is 10.2. The normalized spacial score (nSPS) is 13.7. The summed E-state index contributed by atoms with van der Waals surface area (Å²) in [6.45, 7) is 8.33. The summed E-state index contributed by atoms with van der Waals surface area (Å²) < 4.78 is 12.7. The Hall–Kier alpha value is -1.82. The molecule has 1 unspecified atom stereocenters. The van der Waals surface area contributed by atoms with Crippen LogP contribution in [0.1, 0.15) is 31.5 Å². The summed E-state index contributed by atoms with van der Waals surface area (Å²) in [6, 6.07) is 12.5. The fourth-order valence-corrected chi connectivity index (χ4v) is 3.33. The lowest BCUT2D eigenvalue weighted by Crippen LogP contribution is -3.12. The molecule has 2 N–H and O–H groups in total. The molecule has 2 rings (SSSR count). The second kappa shape index (κ2) is 11.1. The molecule has 0 amide bonds. The van der Waals surface area contributed by atoms with Crippen LogP contribution < -0.4 is 9.64 Å². The largest absolute Gasteiger partial charge is 0.497 e.